The van der Waals surface area contributed by atoms with Gasteiger partial charge in [0.1, 0.15) is 6.04 Å². The molecule has 2 rings (SSSR count). The highest BCUT2D eigenvalue weighted by Gasteiger charge is 2.31. The average Bonchev–Trinajstić information content (AvgIpc) is 2.24. The Morgan fingerprint density at radius 3 is 2.94 bits per heavy atom. The minimum Gasteiger partial charge on any atom is -0.355 e. The molecule has 1 atom stereocenters. The molecule has 1 amide bonds. The topological polar surface area (TPSA) is 44.4 Å². The molecule has 4 nitrogen and oxygen atoms in total. The van der Waals surface area contributed by atoms with Crippen LogP contribution < -0.4 is 10.6 Å². The lowest BCUT2D eigenvalue weighted by Crippen LogP contribution is -2.59. The lowest BCUT2D eigenvalue weighted by molar-refractivity contribution is -0.127. The van der Waals surface area contributed by atoms with Crippen molar-refractivity contribution in [3.8, 4) is 0 Å². The van der Waals surface area contributed by atoms with E-state index in [9.17, 15) is 4.79 Å². The molecule has 4 heteroatoms. The predicted molar refractivity (Wildman–Crippen MR) is 64.3 cm³/mol. The van der Waals surface area contributed by atoms with E-state index in [1.807, 2.05) is 6.92 Å². The summed E-state index contributed by atoms with van der Waals surface area (Å²) < 4.78 is 0. The summed E-state index contributed by atoms with van der Waals surface area (Å²) in [5.74, 6) is 1.03. The number of carbonyl (C=O) groups excluding carboxylic acids is 1. The van der Waals surface area contributed by atoms with Crippen molar-refractivity contribution in [3.63, 3.8) is 0 Å². The van der Waals surface area contributed by atoms with Crippen molar-refractivity contribution in [2.24, 2.45) is 5.92 Å². The number of likely N-dealkylation sites (N-methyl/N-ethyl adjacent to an activating group) is 1. The monoisotopic (exact) mass is 225 g/mol. The van der Waals surface area contributed by atoms with E-state index in [4.69, 9.17) is 0 Å². The first-order chi connectivity index (χ1) is 7.81. The molecule has 1 heterocycles. The molecule has 1 saturated heterocycles. The predicted octanol–water partition coefficient (Wildman–Crippen LogP) is 0.196. The molecule has 0 radical (unpaired) electrons. The third kappa shape index (κ3) is 2.74. The Bertz CT molecular complexity index is 240. The number of amides is 1. The highest BCUT2D eigenvalue weighted by atomic mass is 16.2. The standard InChI is InChI=1S/C12H23N3O/c1-2-14-12(16)11-8-13-6-7-15(11)9-10-4-3-5-10/h10-11,13H,2-9H2,1H3,(H,14,16). The van der Waals surface area contributed by atoms with Gasteiger partial charge in [-0.25, -0.2) is 0 Å². The second-order valence-electron chi connectivity index (χ2n) is 4.91. The summed E-state index contributed by atoms with van der Waals surface area (Å²) in [7, 11) is 0. The molecular formula is C12H23N3O. The van der Waals surface area contributed by atoms with Crippen molar-refractivity contribution in [1.29, 1.82) is 0 Å². The molecule has 0 bridgehead atoms. The molecule has 0 aromatic rings. The Morgan fingerprint density at radius 2 is 2.31 bits per heavy atom. The summed E-state index contributed by atoms with van der Waals surface area (Å²) in [5.41, 5.74) is 0. The number of nitrogens with zero attached hydrogens (tertiary/aromatic N) is 1. The minimum absolute atomic E-state index is 0.0503. The van der Waals surface area contributed by atoms with E-state index < -0.39 is 0 Å². The third-order valence-corrected chi connectivity index (χ3v) is 3.73. The summed E-state index contributed by atoms with van der Waals surface area (Å²) in [6.07, 6.45) is 4.08. The SMILES string of the molecule is CCNC(=O)C1CNCCN1CC1CCC1. The molecule has 92 valence electrons. The molecule has 2 aliphatic rings. The van der Waals surface area contributed by atoms with Gasteiger partial charge in [-0.2, -0.15) is 0 Å². The molecule has 1 aliphatic heterocycles. The van der Waals surface area contributed by atoms with E-state index in [1.54, 1.807) is 0 Å². The van der Waals surface area contributed by atoms with Crippen LogP contribution in [0, 0.1) is 5.92 Å². The first-order valence-electron chi connectivity index (χ1n) is 6.53. The second kappa shape index (κ2) is 5.64. The number of nitrogens with one attached hydrogen (secondary N) is 2. The Kier molecular flexibility index (Phi) is 4.18. The summed E-state index contributed by atoms with van der Waals surface area (Å²) in [6, 6.07) is 0.0503. The van der Waals surface area contributed by atoms with Gasteiger partial charge in [0.25, 0.3) is 0 Å². The average molecular weight is 225 g/mol. The summed E-state index contributed by atoms with van der Waals surface area (Å²) in [5, 5.41) is 6.24. The molecule has 2 fully saturated rings. The van der Waals surface area contributed by atoms with Crippen LogP contribution in [-0.2, 0) is 4.79 Å². The van der Waals surface area contributed by atoms with E-state index in [2.05, 4.69) is 15.5 Å². The van der Waals surface area contributed by atoms with Gasteiger partial charge in [-0.3, -0.25) is 9.69 Å². The van der Waals surface area contributed by atoms with Crippen molar-refractivity contribution in [2.75, 3.05) is 32.7 Å². The van der Waals surface area contributed by atoms with E-state index in [0.717, 1.165) is 38.6 Å². The fourth-order valence-electron chi connectivity index (χ4n) is 2.52. The maximum Gasteiger partial charge on any atom is 0.238 e. The van der Waals surface area contributed by atoms with Gasteiger partial charge in [-0.05, 0) is 25.7 Å². The quantitative estimate of drug-likeness (QED) is 0.718. The Hall–Kier alpha value is -0.610. The minimum atomic E-state index is 0.0503. The zero-order valence-corrected chi connectivity index (χ0v) is 10.2. The molecule has 1 aliphatic carbocycles. The van der Waals surface area contributed by atoms with E-state index in [-0.39, 0.29) is 11.9 Å². The summed E-state index contributed by atoms with van der Waals surface area (Å²) in [4.78, 5) is 14.3. The van der Waals surface area contributed by atoms with E-state index >= 15 is 0 Å². The third-order valence-electron chi connectivity index (χ3n) is 3.73. The van der Waals surface area contributed by atoms with Crippen molar-refractivity contribution in [3.05, 3.63) is 0 Å². The number of carbonyl (C=O) groups is 1. The highest BCUT2D eigenvalue weighted by molar-refractivity contribution is 5.82. The molecule has 1 unspecified atom stereocenters. The molecule has 0 aromatic heterocycles. The van der Waals surface area contributed by atoms with Gasteiger partial charge in [0.2, 0.25) is 5.91 Å². The maximum atomic E-state index is 11.9. The fraction of sp³-hybridized carbons (Fsp3) is 0.917. The molecular weight excluding hydrogens is 202 g/mol. The summed E-state index contributed by atoms with van der Waals surface area (Å²) >= 11 is 0. The zero-order chi connectivity index (χ0) is 11.4. The molecule has 0 spiro atoms. The van der Waals surface area contributed by atoms with Crippen molar-refractivity contribution >= 4 is 5.91 Å². The van der Waals surface area contributed by atoms with Gasteiger partial charge >= 0.3 is 0 Å². The van der Waals surface area contributed by atoms with Crippen LogP contribution in [0.4, 0.5) is 0 Å². The molecule has 16 heavy (non-hydrogen) atoms. The van der Waals surface area contributed by atoms with Crippen LogP contribution >= 0.6 is 0 Å². The molecule has 2 N–H and O–H groups in total. The van der Waals surface area contributed by atoms with Crippen molar-refractivity contribution in [2.45, 2.75) is 32.2 Å². The van der Waals surface area contributed by atoms with Gasteiger partial charge in [0.15, 0.2) is 0 Å². The van der Waals surface area contributed by atoms with Crippen LogP contribution in [0.2, 0.25) is 0 Å². The van der Waals surface area contributed by atoms with Gasteiger partial charge < -0.3 is 10.6 Å². The largest absolute Gasteiger partial charge is 0.355 e. The second-order valence-corrected chi connectivity index (χ2v) is 4.91. The van der Waals surface area contributed by atoms with E-state index in [1.165, 1.54) is 19.3 Å². The first-order valence-corrected chi connectivity index (χ1v) is 6.53. The highest BCUT2D eigenvalue weighted by Crippen LogP contribution is 2.27. The fourth-order valence-corrected chi connectivity index (χ4v) is 2.52. The number of hydrogen-bond donors (Lipinski definition) is 2. The summed E-state index contributed by atoms with van der Waals surface area (Å²) in [6.45, 7) is 6.65. The van der Waals surface area contributed by atoms with Gasteiger partial charge in [0, 0.05) is 32.7 Å². The van der Waals surface area contributed by atoms with Crippen LogP contribution in [0.5, 0.6) is 0 Å². The zero-order valence-electron chi connectivity index (χ0n) is 10.2. The van der Waals surface area contributed by atoms with Crippen LogP contribution in [0.15, 0.2) is 0 Å². The first kappa shape index (κ1) is 11.9. The van der Waals surface area contributed by atoms with E-state index in [0.29, 0.717) is 0 Å². The Balaban J connectivity index is 1.87. The van der Waals surface area contributed by atoms with Crippen LogP contribution in [-0.4, -0.2) is 49.6 Å². The maximum absolute atomic E-state index is 11.9. The van der Waals surface area contributed by atoms with Crippen LogP contribution in [0.1, 0.15) is 26.2 Å². The Morgan fingerprint density at radius 1 is 1.50 bits per heavy atom. The smallest absolute Gasteiger partial charge is 0.238 e. The number of piperazine rings is 1. The normalized spacial score (nSPS) is 27.4. The molecule has 1 saturated carbocycles. The van der Waals surface area contributed by atoms with Gasteiger partial charge in [-0.15, -0.1) is 0 Å². The van der Waals surface area contributed by atoms with Crippen molar-refractivity contribution in [1.82, 2.24) is 15.5 Å². The van der Waals surface area contributed by atoms with Gasteiger partial charge in [-0.1, -0.05) is 6.42 Å². The Labute approximate surface area is 97.8 Å². The van der Waals surface area contributed by atoms with Crippen LogP contribution in [0.3, 0.4) is 0 Å². The van der Waals surface area contributed by atoms with Crippen LogP contribution in [0.25, 0.3) is 0 Å². The van der Waals surface area contributed by atoms with Crippen molar-refractivity contribution < 1.29 is 4.79 Å². The lowest BCUT2D eigenvalue weighted by atomic mass is 9.84. The molecule has 0 aromatic carbocycles. The number of hydrogen-bond acceptors (Lipinski definition) is 3. The number of rotatable bonds is 4. The lowest BCUT2D eigenvalue weighted by Gasteiger charge is -2.39. The van der Waals surface area contributed by atoms with Gasteiger partial charge in [0.05, 0.1) is 0 Å².